The van der Waals surface area contributed by atoms with Crippen molar-refractivity contribution in [1.29, 1.82) is 0 Å². The summed E-state index contributed by atoms with van der Waals surface area (Å²) in [7, 11) is 1.09. The van der Waals surface area contributed by atoms with Crippen LogP contribution in [0.3, 0.4) is 0 Å². The molecule has 8 aromatic rings. The van der Waals surface area contributed by atoms with Gasteiger partial charge in [-0.25, -0.2) is 0 Å². The minimum atomic E-state index is -0.329. The Bertz CT molecular complexity index is 2790. The molecule has 2 fully saturated rings. The van der Waals surface area contributed by atoms with Gasteiger partial charge in [-0.15, -0.1) is 0 Å². The first kappa shape index (κ1) is 44.4. The molecule has 0 aromatic heterocycles. The third-order valence-electron chi connectivity index (χ3n) is 12.5. The summed E-state index contributed by atoms with van der Waals surface area (Å²) in [6.45, 7) is 16.4. The van der Waals surface area contributed by atoms with Gasteiger partial charge in [0.2, 0.25) is 0 Å². The third kappa shape index (κ3) is 9.39. The molecule has 0 aliphatic carbocycles. The van der Waals surface area contributed by atoms with Crippen LogP contribution in [-0.4, -0.2) is 37.2 Å². The topological polar surface area (TPSA) is 36.9 Å². The van der Waals surface area contributed by atoms with E-state index in [4.69, 9.17) is 18.6 Å². The molecule has 2 radical (unpaired) electrons. The van der Waals surface area contributed by atoms with Gasteiger partial charge in [0.25, 0.3) is 0 Å². The summed E-state index contributed by atoms with van der Waals surface area (Å²) in [4.78, 5) is 0. The maximum absolute atomic E-state index is 6.21. The SMILES string of the molecule is Brc1ccc2cc(-c3ccc4ccccc4c3)ccc2c1.CC1(C)OB(c2ccc3cc(-c4ccc5ccccc5c4)ccc3c2)OC1(C)C.CC1(C)O[B]OC1(C)C.[Y]. The van der Waals surface area contributed by atoms with Crippen LogP contribution in [0.15, 0.2) is 162 Å². The maximum Gasteiger partial charge on any atom is 0.494 e. The first-order chi connectivity index (χ1) is 28.1. The van der Waals surface area contributed by atoms with E-state index in [1.807, 2.05) is 27.7 Å². The molecule has 0 bridgehead atoms. The average molecular weight is 929 g/mol. The Balaban J connectivity index is 0.000000153. The van der Waals surface area contributed by atoms with E-state index < -0.39 is 0 Å². The number of halogens is 1. The summed E-state index contributed by atoms with van der Waals surface area (Å²) in [5.74, 6) is 0. The molecule has 0 spiro atoms. The second-order valence-electron chi connectivity index (χ2n) is 17.6. The van der Waals surface area contributed by atoms with Gasteiger partial charge in [-0.05, 0) is 163 Å². The van der Waals surface area contributed by atoms with Gasteiger partial charge >= 0.3 is 14.8 Å². The molecule has 2 aliphatic rings. The fourth-order valence-electron chi connectivity index (χ4n) is 7.25. The van der Waals surface area contributed by atoms with Crippen molar-refractivity contribution in [2.75, 3.05) is 0 Å². The molecular weight excluding hydrogens is 879 g/mol. The molecule has 0 atom stereocenters. The Morgan fingerprint density at radius 2 is 0.717 bits per heavy atom. The number of hydrogen-bond acceptors (Lipinski definition) is 4. The van der Waals surface area contributed by atoms with Crippen LogP contribution in [0.2, 0.25) is 0 Å². The summed E-state index contributed by atoms with van der Waals surface area (Å²) < 4.78 is 24.0. The zero-order chi connectivity index (χ0) is 41.6. The molecule has 0 N–H and O–H groups in total. The minimum Gasteiger partial charge on any atom is -0.405 e. The predicted octanol–water partition coefficient (Wildman–Crippen LogP) is 13.5. The Hall–Kier alpha value is -3.65. The fourth-order valence-corrected chi connectivity index (χ4v) is 7.63. The van der Waals surface area contributed by atoms with E-state index in [-0.39, 0.29) is 62.2 Å². The standard InChI is InChI=1S/C26H25BO2.C20H13Br.C6H12BO2.Y/c1-25(2)26(3,4)29-27(28-25)24-14-13-22-16-21(11-12-23(22)17-24)20-10-9-18-7-5-6-8-19(18)15-20;21-20-10-9-18-12-17(7-8-19(18)13-20)16-6-5-14-3-1-2-4-15(14)11-16;1-5(2)6(3,4)9-7-8-5;/h5-17H,1-4H3;1-13H;1-4H3;. The average Bonchev–Trinajstić information content (AvgIpc) is 3.61. The van der Waals surface area contributed by atoms with Gasteiger partial charge in [0.1, 0.15) is 0 Å². The van der Waals surface area contributed by atoms with Crippen LogP contribution in [0.4, 0.5) is 0 Å². The monoisotopic (exact) mass is 928 g/mol. The number of benzene rings is 8. The molecular formula is C52H50B2BrO4Y. The van der Waals surface area contributed by atoms with Crippen molar-refractivity contribution in [3.63, 3.8) is 0 Å². The van der Waals surface area contributed by atoms with E-state index in [9.17, 15) is 0 Å². The normalized spacial score (nSPS) is 17.0. The van der Waals surface area contributed by atoms with Crippen molar-refractivity contribution < 1.29 is 51.3 Å². The molecule has 2 heterocycles. The van der Waals surface area contributed by atoms with Gasteiger partial charge in [0.05, 0.1) is 22.4 Å². The van der Waals surface area contributed by atoms with Gasteiger partial charge in [-0.2, -0.15) is 0 Å². The van der Waals surface area contributed by atoms with E-state index in [1.165, 1.54) is 73.0 Å². The van der Waals surface area contributed by atoms with Crippen molar-refractivity contribution in [1.82, 2.24) is 0 Å². The summed E-state index contributed by atoms with van der Waals surface area (Å²) >= 11 is 3.52. The largest absolute Gasteiger partial charge is 0.494 e. The molecule has 2 saturated heterocycles. The Morgan fingerprint density at radius 1 is 0.383 bits per heavy atom. The quantitative estimate of drug-likeness (QED) is 0.165. The van der Waals surface area contributed by atoms with E-state index in [2.05, 4.69) is 201 Å². The zero-order valence-corrected chi connectivity index (χ0v) is 40.2. The van der Waals surface area contributed by atoms with Crippen molar-refractivity contribution in [2.24, 2.45) is 0 Å². The molecule has 8 heteroatoms. The van der Waals surface area contributed by atoms with Crippen LogP contribution < -0.4 is 5.46 Å². The van der Waals surface area contributed by atoms with Gasteiger partial charge in [0.15, 0.2) is 0 Å². The first-order valence-corrected chi connectivity index (χ1v) is 21.1. The van der Waals surface area contributed by atoms with Crippen LogP contribution in [-0.2, 0) is 51.3 Å². The molecule has 0 amide bonds. The van der Waals surface area contributed by atoms with Gasteiger partial charge in [0, 0.05) is 37.2 Å². The molecule has 0 saturated carbocycles. The first-order valence-electron chi connectivity index (χ1n) is 20.3. The Labute approximate surface area is 389 Å². The molecule has 2 aliphatic heterocycles. The van der Waals surface area contributed by atoms with Crippen LogP contribution in [0, 0.1) is 0 Å². The maximum atomic E-state index is 6.21. The van der Waals surface area contributed by atoms with Crippen molar-refractivity contribution in [3.8, 4) is 22.3 Å². The van der Waals surface area contributed by atoms with Crippen LogP contribution in [0.5, 0.6) is 0 Å². The Morgan fingerprint density at radius 3 is 1.13 bits per heavy atom. The molecule has 4 nitrogen and oxygen atoms in total. The number of fused-ring (bicyclic) bond motifs is 4. The van der Waals surface area contributed by atoms with Gasteiger partial charge in [-0.3, -0.25) is 0 Å². The van der Waals surface area contributed by atoms with Crippen LogP contribution in [0.1, 0.15) is 55.4 Å². The fraction of sp³-hybridized carbons (Fsp3) is 0.231. The minimum absolute atomic E-state index is 0. The van der Waals surface area contributed by atoms with E-state index >= 15 is 0 Å². The summed E-state index contributed by atoms with van der Waals surface area (Å²) in [5, 5.41) is 10.0. The molecule has 10 rings (SSSR count). The third-order valence-corrected chi connectivity index (χ3v) is 13.0. The number of rotatable bonds is 3. The van der Waals surface area contributed by atoms with Crippen LogP contribution >= 0.6 is 15.9 Å². The predicted molar refractivity (Wildman–Crippen MR) is 253 cm³/mol. The van der Waals surface area contributed by atoms with E-state index in [1.54, 1.807) is 0 Å². The summed E-state index contributed by atoms with van der Waals surface area (Å²) in [6.07, 6.45) is 0. The van der Waals surface area contributed by atoms with E-state index in [0.29, 0.717) is 0 Å². The second-order valence-corrected chi connectivity index (χ2v) is 18.5. The Kier molecular flexibility index (Phi) is 13.0. The number of hydrogen-bond donors (Lipinski definition) is 0. The van der Waals surface area contributed by atoms with Gasteiger partial charge < -0.3 is 18.6 Å². The van der Waals surface area contributed by atoms with Crippen molar-refractivity contribution in [3.05, 3.63) is 162 Å². The van der Waals surface area contributed by atoms with E-state index in [0.717, 1.165) is 9.94 Å². The van der Waals surface area contributed by atoms with Gasteiger partial charge in [-0.1, -0.05) is 137 Å². The van der Waals surface area contributed by atoms with Crippen LogP contribution in [0.25, 0.3) is 65.3 Å². The summed E-state index contributed by atoms with van der Waals surface area (Å²) in [5.41, 5.74) is 5.02. The molecule has 8 aromatic carbocycles. The van der Waals surface area contributed by atoms with Crippen molar-refractivity contribution in [2.45, 2.75) is 77.8 Å². The zero-order valence-electron chi connectivity index (χ0n) is 35.8. The van der Waals surface area contributed by atoms with Crippen molar-refractivity contribution >= 4 is 79.3 Å². The second kappa shape index (κ2) is 17.6. The smallest absolute Gasteiger partial charge is 0.405 e. The molecule has 60 heavy (non-hydrogen) atoms. The molecule has 298 valence electrons. The molecule has 0 unspecified atom stereocenters. The summed E-state index contributed by atoms with van der Waals surface area (Å²) in [6, 6.07) is 56.4.